The molecule has 73 heavy (non-hydrogen) atoms. The van der Waals surface area contributed by atoms with Crippen LogP contribution in [-0.2, 0) is 28.0 Å². The smallest absolute Gasteiger partial charge is 0.246 e. The van der Waals surface area contributed by atoms with Crippen molar-refractivity contribution in [3.63, 3.8) is 0 Å². The number of piperidine rings is 1. The predicted molar refractivity (Wildman–Crippen MR) is 278 cm³/mol. The fourth-order valence-corrected chi connectivity index (χ4v) is 12.8. The molecule has 2 aliphatic carbocycles. The van der Waals surface area contributed by atoms with Crippen molar-refractivity contribution in [1.82, 2.24) is 45.1 Å². The lowest BCUT2D eigenvalue weighted by atomic mass is 9.49. The van der Waals surface area contributed by atoms with Gasteiger partial charge in [-0.15, -0.1) is 0 Å². The molecule has 2 saturated carbocycles. The van der Waals surface area contributed by atoms with Crippen LogP contribution in [0.4, 0.5) is 5.95 Å². The second kappa shape index (κ2) is 20.0. The lowest BCUT2D eigenvalue weighted by Gasteiger charge is -2.60. The number of para-hydroxylation sites is 1. The number of aryl methyl sites for hydroxylation is 1. The van der Waals surface area contributed by atoms with E-state index in [-0.39, 0.29) is 72.2 Å². The lowest BCUT2D eigenvalue weighted by molar-refractivity contribution is -0.150. The summed E-state index contributed by atoms with van der Waals surface area (Å²) in [6, 6.07) is 16.0. The molecule has 2 aromatic carbocycles. The van der Waals surface area contributed by atoms with Crippen molar-refractivity contribution in [2.24, 2.45) is 41.0 Å². The molecule has 18 heteroatoms. The molecule has 388 valence electrons. The molecule has 2 aromatic heterocycles. The quantitative estimate of drug-likeness (QED) is 0.0941. The average molecular weight is 996 g/mol. The zero-order chi connectivity index (χ0) is 51.3. The van der Waals surface area contributed by atoms with Crippen molar-refractivity contribution in [1.29, 1.82) is 0 Å². The first-order valence-electron chi connectivity index (χ1n) is 26.2. The van der Waals surface area contributed by atoms with Gasteiger partial charge in [-0.25, -0.2) is 9.97 Å². The van der Waals surface area contributed by atoms with E-state index in [1.54, 1.807) is 35.2 Å². The highest BCUT2D eigenvalue weighted by Gasteiger charge is 2.57. The van der Waals surface area contributed by atoms with Crippen LogP contribution in [0, 0.1) is 16.7 Å². The molecule has 6 heterocycles. The van der Waals surface area contributed by atoms with Gasteiger partial charge in [-0.2, -0.15) is 5.10 Å². The minimum atomic E-state index is -0.847. The monoisotopic (exact) mass is 996 g/mol. The van der Waals surface area contributed by atoms with Crippen LogP contribution >= 0.6 is 0 Å². The third kappa shape index (κ3) is 10.2. The van der Waals surface area contributed by atoms with Crippen LogP contribution in [0.25, 0.3) is 17.0 Å². The number of amides is 3. The summed E-state index contributed by atoms with van der Waals surface area (Å²) in [5.74, 6) is 0.516. The molecule has 10 rings (SSSR count). The largest absolute Gasteiger partial charge is 0.507 e. The van der Waals surface area contributed by atoms with Gasteiger partial charge in [0.15, 0.2) is 0 Å². The third-order valence-electron chi connectivity index (χ3n) is 16.9. The maximum Gasteiger partial charge on any atom is 0.246 e. The zero-order valence-corrected chi connectivity index (χ0v) is 42.7. The number of carbonyl (C=O) groups excluding carboxylic acids is 3. The van der Waals surface area contributed by atoms with Crippen LogP contribution in [0.1, 0.15) is 101 Å². The number of aromatic nitrogens is 4. The number of rotatable bonds is 13. The number of nitrogens with one attached hydrogen (secondary N) is 2. The number of β-amino-alcohol motifs (C(OH)–C–C–N with tert-alkyl or cyclic N) is 1. The number of hydrogen-bond acceptors (Lipinski definition) is 14. The summed E-state index contributed by atoms with van der Waals surface area (Å²) in [5.41, 5.74) is 24.1. The second-order valence-corrected chi connectivity index (χ2v) is 22.9. The van der Waals surface area contributed by atoms with Crippen molar-refractivity contribution in [3.05, 3.63) is 107 Å². The van der Waals surface area contributed by atoms with E-state index in [9.17, 15) is 24.6 Å². The summed E-state index contributed by atoms with van der Waals surface area (Å²) in [5, 5.41) is 31.4. The molecule has 6 fully saturated rings. The number of nitrogens with two attached hydrogens (primary N) is 3. The van der Waals surface area contributed by atoms with Gasteiger partial charge in [0, 0.05) is 93.5 Å². The van der Waals surface area contributed by atoms with E-state index in [0.29, 0.717) is 42.0 Å². The van der Waals surface area contributed by atoms with Crippen LogP contribution in [0.5, 0.6) is 5.75 Å². The molecule has 6 aliphatic rings. The Morgan fingerprint density at radius 3 is 2.15 bits per heavy atom. The molecule has 4 aliphatic heterocycles. The normalized spacial score (nSPS) is 26.8. The standard InChI is InChI=1S/C55H73N13O5/c1-54(2,3)48(52(73)67-32-41(69)21-46(67)51(72)59-27-33-9-11-35(12-10-33)44-15-18-62-64(44)4)63-50(71)36-23-55(24-36)25-40(26-55)65-19-16-34(17-20-65)37-28-60-53(61-29-37)68-38-13-14-39(68)31-66(30-38)45(49(57)58)22-43(56)42-7-5-6-8-47(42)70/h5-12,15,18,22,28-29,34,36,38-41,46,48,69-70H,13-14,16-17,19-21,23-27,30-32,56-58H2,1-4H3,(H,59,72)(H,63,71)/b43-22-/t36?,38?,39?,40?,41-,46+,48-,55?/m1/s1. The first-order valence-corrected chi connectivity index (χ1v) is 26.2. The second-order valence-electron chi connectivity index (χ2n) is 22.9. The van der Waals surface area contributed by atoms with E-state index in [4.69, 9.17) is 27.2 Å². The first kappa shape index (κ1) is 49.9. The fraction of sp³-hybridized carbons (Fsp3) is 0.527. The molecule has 2 bridgehead atoms. The predicted octanol–water partition coefficient (Wildman–Crippen LogP) is 3.87. The van der Waals surface area contributed by atoms with Crippen LogP contribution < -0.4 is 32.7 Å². The number of aromatic hydroxyl groups is 1. The van der Waals surface area contributed by atoms with Gasteiger partial charge >= 0.3 is 0 Å². The van der Waals surface area contributed by atoms with Gasteiger partial charge in [0.1, 0.15) is 23.7 Å². The summed E-state index contributed by atoms with van der Waals surface area (Å²) < 4.78 is 1.80. The number of anilines is 1. The number of benzene rings is 2. The van der Waals surface area contributed by atoms with Gasteiger partial charge in [-0.3, -0.25) is 19.1 Å². The molecule has 18 nitrogen and oxygen atoms in total. The van der Waals surface area contributed by atoms with E-state index >= 15 is 0 Å². The Morgan fingerprint density at radius 1 is 0.863 bits per heavy atom. The Labute approximate surface area is 428 Å². The summed E-state index contributed by atoms with van der Waals surface area (Å²) >= 11 is 0. The Bertz CT molecular complexity index is 2710. The Kier molecular flexibility index (Phi) is 13.7. The molecule has 3 amide bonds. The highest BCUT2D eigenvalue weighted by molar-refractivity contribution is 5.93. The zero-order valence-electron chi connectivity index (χ0n) is 42.7. The Balaban J connectivity index is 0.671. The number of phenolic OH excluding ortho intramolecular Hbond substituents is 1. The number of aliphatic hydroxyl groups is 1. The minimum Gasteiger partial charge on any atom is -0.507 e. The number of phenols is 1. The summed E-state index contributed by atoms with van der Waals surface area (Å²) in [6.45, 7) is 9.54. The summed E-state index contributed by atoms with van der Waals surface area (Å²) in [4.78, 5) is 60.3. The van der Waals surface area contributed by atoms with E-state index in [0.717, 1.165) is 87.2 Å². The number of aliphatic hydroxyl groups excluding tert-OH is 1. The van der Waals surface area contributed by atoms with Crippen LogP contribution in [0.2, 0.25) is 0 Å². The van der Waals surface area contributed by atoms with Gasteiger partial charge in [-0.05, 0) is 122 Å². The molecule has 1 spiro atoms. The molecular weight excluding hydrogens is 923 g/mol. The SMILES string of the molecule is Cn1nccc1-c1ccc(CNC(=O)[C@@H]2C[C@@H](O)CN2C(=O)[C@@H](NC(=O)C2CC3(C2)CC(N2CCC(c4cnc(N5C6CCC5CN(C(/C=C(\N)c5ccccc5O)=C(N)N)C6)nc4)CC2)C3)C(C)(C)C)cc1. The highest BCUT2D eigenvalue weighted by Crippen LogP contribution is 2.60. The molecule has 5 atom stereocenters. The average Bonchev–Trinajstić information content (AvgIpc) is 4.04. The van der Waals surface area contributed by atoms with Gasteiger partial charge in [0.05, 0.1) is 17.5 Å². The molecule has 10 N–H and O–H groups in total. The van der Waals surface area contributed by atoms with E-state index < -0.39 is 23.6 Å². The summed E-state index contributed by atoms with van der Waals surface area (Å²) in [7, 11) is 1.89. The maximum absolute atomic E-state index is 14.3. The van der Waals surface area contributed by atoms with E-state index in [1.165, 1.54) is 10.5 Å². The van der Waals surface area contributed by atoms with Crippen molar-refractivity contribution in [2.45, 2.75) is 127 Å². The van der Waals surface area contributed by atoms with E-state index in [2.05, 4.69) is 30.4 Å². The lowest BCUT2D eigenvalue weighted by Crippen LogP contribution is -2.62. The maximum atomic E-state index is 14.3. The number of hydrogen-bond donors (Lipinski definition) is 7. The van der Waals surface area contributed by atoms with Crippen molar-refractivity contribution >= 4 is 29.4 Å². The van der Waals surface area contributed by atoms with Crippen molar-refractivity contribution < 1.29 is 24.6 Å². The number of likely N-dealkylation sites (tertiary alicyclic amines) is 3. The van der Waals surface area contributed by atoms with Crippen LogP contribution in [0.15, 0.2) is 90.8 Å². The molecule has 4 saturated heterocycles. The minimum absolute atomic E-state index is 0.0375. The molecular formula is C55H73N13O5. The summed E-state index contributed by atoms with van der Waals surface area (Å²) in [6.07, 6.45) is 14.8. The van der Waals surface area contributed by atoms with Gasteiger partial charge in [0.2, 0.25) is 23.7 Å². The topological polar surface area (TPSA) is 250 Å². The van der Waals surface area contributed by atoms with Gasteiger partial charge in [-0.1, -0.05) is 57.2 Å². The number of allylic oxidation sites excluding steroid dienone is 1. The number of piperazine rings is 1. The van der Waals surface area contributed by atoms with Crippen LogP contribution in [-0.4, -0.2) is 131 Å². The van der Waals surface area contributed by atoms with Gasteiger partial charge in [0.25, 0.3) is 0 Å². The highest BCUT2D eigenvalue weighted by atomic mass is 16.3. The van der Waals surface area contributed by atoms with Crippen LogP contribution in [0.3, 0.4) is 0 Å². The van der Waals surface area contributed by atoms with Crippen molar-refractivity contribution in [2.75, 3.05) is 37.6 Å². The van der Waals surface area contributed by atoms with Gasteiger partial charge < -0.3 is 57.6 Å². The van der Waals surface area contributed by atoms with E-state index in [1.807, 2.05) is 76.6 Å². The first-order chi connectivity index (χ1) is 34.9. The molecule has 2 unspecified atom stereocenters. The fourth-order valence-electron chi connectivity index (χ4n) is 12.8. The number of carbonyl (C=O) groups is 3. The Hall–Kier alpha value is -6.66. The van der Waals surface area contributed by atoms with Crippen molar-refractivity contribution in [3.8, 4) is 17.0 Å². The molecule has 4 aromatic rings. The number of nitrogens with zero attached hydrogens (tertiary/aromatic N) is 8. The third-order valence-corrected chi connectivity index (χ3v) is 16.9. The Morgan fingerprint density at radius 2 is 1.53 bits per heavy atom. The number of fused-ring (bicyclic) bond motifs is 2. The molecule has 0 radical (unpaired) electrons.